The number of pyridine rings is 1. The van der Waals surface area contributed by atoms with Crippen LogP contribution in [0.5, 0.6) is 0 Å². The van der Waals surface area contributed by atoms with Crippen LogP contribution in [0.2, 0.25) is 0 Å². The molecule has 6 nitrogen and oxygen atoms in total. The highest BCUT2D eigenvalue weighted by molar-refractivity contribution is 5.78. The Balaban J connectivity index is 1.68. The molecule has 26 heavy (non-hydrogen) atoms. The van der Waals surface area contributed by atoms with E-state index in [1.54, 1.807) is 26.2 Å². The SMILES string of the molecule is COC(=O)C(C)(C)OCCCCCCc1nc(-c2cccnc2)oc1C. The van der Waals surface area contributed by atoms with Crippen LogP contribution in [0.15, 0.2) is 28.9 Å². The molecule has 0 N–H and O–H groups in total. The fourth-order valence-corrected chi connectivity index (χ4v) is 2.65. The number of aromatic nitrogens is 2. The van der Waals surface area contributed by atoms with E-state index >= 15 is 0 Å². The number of hydrogen-bond donors (Lipinski definition) is 0. The van der Waals surface area contributed by atoms with E-state index in [0.29, 0.717) is 12.5 Å². The minimum Gasteiger partial charge on any atom is -0.467 e. The Bertz CT molecular complexity index is 695. The number of nitrogens with zero attached hydrogens (tertiary/aromatic N) is 2. The van der Waals surface area contributed by atoms with Crippen molar-refractivity contribution in [1.82, 2.24) is 9.97 Å². The first-order chi connectivity index (χ1) is 12.4. The first kappa shape index (κ1) is 20.1. The quantitative estimate of drug-likeness (QED) is 0.469. The summed E-state index contributed by atoms with van der Waals surface area (Å²) >= 11 is 0. The van der Waals surface area contributed by atoms with Crippen LogP contribution in [0.1, 0.15) is 51.0 Å². The molecule has 0 radical (unpaired) electrons. The smallest absolute Gasteiger partial charge is 0.337 e. The number of aryl methyl sites for hydroxylation is 2. The molecule has 0 spiro atoms. The third-order valence-corrected chi connectivity index (χ3v) is 4.25. The zero-order valence-electron chi connectivity index (χ0n) is 16.1. The van der Waals surface area contributed by atoms with Gasteiger partial charge < -0.3 is 13.9 Å². The zero-order valence-corrected chi connectivity index (χ0v) is 16.1. The molecule has 6 heteroatoms. The number of esters is 1. The first-order valence-corrected chi connectivity index (χ1v) is 9.03. The lowest BCUT2D eigenvalue weighted by Crippen LogP contribution is -2.36. The molecule has 0 bridgehead atoms. The van der Waals surface area contributed by atoms with Crippen LogP contribution in [0.25, 0.3) is 11.5 Å². The summed E-state index contributed by atoms with van der Waals surface area (Å²) in [5.74, 6) is 1.15. The summed E-state index contributed by atoms with van der Waals surface area (Å²) in [5, 5.41) is 0. The van der Waals surface area contributed by atoms with Crippen molar-refractivity contribution in [1.29, 1.82) is 0 Å². The largest absolute Gasteiger partial charge is 0.467 e. The molecule has 2 aromatic heterocycles. The van der Waals surface area contributed by atoms with E-state index in [-0.39, 0.29) is 5.97 Å². The van der Waals surface area contributed by atoms with Gasteiger partial charge in [0, 0.05) is 19.0 Å². The number of hydrogen-bond acceptors (Lipinski definition) is 6. The lowest BCUT2D eigenvalue weighted by molar-refractivity contribution is -0.165. The Morgan fingerprint density at radius 1 is 1.23 bits per heavy atom. The standard InChI is InChI=1S/C20H28N2O4/c1-15-17(22-18(26-15)16-10-9-12-21-14-16)11-7-5-6-8-13-25-20(2,3)19(23)24-4/h9-10,12,14H,5-8,11,13H2,1-4H3. The van der Waals surface area contributed by atoms with Crippen LogP contribution < -0.4 is 0 Å². The zero-order chi connectivity index (χ0) is 19.0. The molecule has 2 aromatic rings. The van der Waals surface area contributed by atoms with Crippen molar-refractivity contribution in [2.45, 2.75) is 58.5 Å². The van der Waals surface area contributed by atoms with Crippen LogP contribution in [0.3, 0.4) is 0 Å². The van der Waals surface area contributed by atoms with Crippen LogP contribution in [0, 0.1) is 6.92 Å². The molecule has 2 rings (SSSR count). The summed E-state index contributed by atoms with van der Waals surface area (Å²) in [6, 6.07) is 3.82. The van der Waals surface area contributed by atoms with Gasteiger partial charge in [0.05, 0.1) is 18.4 Å². The van der Waals surface area contributed by atoms with Crippen molar-refractivity contribution in [3.05, 3.63) is 36.0 Å². The van der Waals surface area contributed by atoms with Gasteiger partial charge in [-0.05, 0) is 52.2 Å². The van der Waals surface area contributed by atoms with Gasteiger partial charge in [-0.1, -0.05) is 12.8 Å². The minimum absolute atomic E-state index is 0.344. The highest BCUT2D eigenvalue weighted by atomic mass is 16.6. The number of carbonyl (C=O) groups is 1. The van der Waals surface area contributed by atoms with E-state index in [0.717, 1.165) is 49.1 Å². The number of methoxy groups -OCH3 is 1. The van der Waals surface area contributed by atoms with Gasteiger partial charge in [-0.15, -0.1) is 0 Å². The topological polar surface area (TPSA) is 74.5 Å². The van der Waals surface area contributed by atoms with Gasteiger partial charge in [0.2, 0.25) is 5.89 Å². The minimum atomic E-state index is -0.880. The van der Waals surface area contributed by atoms with E-state index in [9.17, 15) is 4.79 Å². The number of rotatable bonds is 10. The fraction of sp³-hybridized carbons (Fsp3) is 0.550. The Morgan fingerprint density at radius 2 is 2.00 bits per heavy atom. The second-order valence-electron chi connectivity index (χ2n) is 6.78. The van der Waals surface area contributed by atoms with Crippen LogP contribution in [-0.4, -0.2) is 35.3 Å². The van der Waals surface area contributed by atoms with E-state index in [1.807, 2.05) is 19.1 Å². The second kappa shape index (κ2) is 9.48. The fourth-order valence-electron chi connectivity index (χ4n) is 2.65. The lowest BCUT2D eigenvalue weighted by Gasteiger charge is -2.22. The predicted octanol–water partition coefficient (Wildman–Crippen LogP) is 4.12. The summed E-state index contributed by atoms with van der Waals surface area (Å²) < 4.78 is 16.1. The maximum atomic E-state index is 11.5. The molecule has 0 unspecified atom stereocenters. The average molecular weight is 360 g/mol. The summed E-state index contributed by atoms with van der Waals surface area (Å²) in [4.78, 5) is 20.2. The van der Waals surface area contributed by atoms with Crippen molar-refractivity contribution in [3.8, 4) is 11.5 Å². The van der Waals surface area contributed by atoms with Crippen LogP contribution in [-0.2, 0) is 20.7 Å². The van der Waals surface area contributed by atoms with Crippen molar-refractivity contribution in [2.75, 3.05) is 13.7 Å². The van der Waals surface area contributed by atoms with Gasteiger partial charge in [0.15, 0.2) is 5.60 Å². The third kappa shape index (κ3) is 5.66. The number of ether oxygens (including phenoxy) is 2. The molecule has 142 valence electrons. The molecule has 0 atom stereocenters. The van der Waals surface area contributed by atoms with Gasteiger partial charge in [0.1, 0.15) is 5.76 Å². The normalized spacial score (nSPS) is 11.5. The molecule has 0 amide bonds. The maximum absolute atomic E-state index is 11.5. The Labute approximate surface area is 154 Å². The number of unbranched alkanes of at least 4 members (excludes halogenated alkanes) is 3. The summed E-state index contributed by atoms with van der Waals surface area (Å²) in [6.45, 7) is 5.96. The number of oxazole rings is 1. The molecule has 0 fully saturated rings. The molecule has 2 heterocycles. The molecule has 0 aliphatic carbocycles. The van der Waals surface area contributed by atoms with Gasteiger partial charge >= 0.3 is 5.97 Å². The van der Waals surface area contributed by atoms with Gasteiger partial charge in [-0.3, -0.25) is 4.98 Å². The molecule has 0 saturated heterocycles. The monoisotopic (exact) mass is 360 g/mol. The predicted molar refractivity (Wildman–Crippen MR) is 98.7 cm³/mol. The van der Waals surface area contributed by atoms with Gasteiger partial charge in [-0.25, -0.2) is 9.78 Å². The van der Waals surface area contributed by atoms with E-state index in [1.165, 1.54) is 7.11 Å². The second-order valence-corrected chi connectivity index (χ2v) is 6.78. The van der Waals surface area contributed by atoms with E-state index in [4.69, 9.17) is 13.9 Å². The number of carbonyl (C=O) groups excluding carboxylic acids is 1. The Kier molecular flexibility index (Phi) is 7.33. The van der Waals surface area contributed by atoms with E-state index in [2.05, 4.69) is 9.97 Å². The molecule has 0 aliphatic heterocycles. The van der Waals surface area contributed by atoms with Crippen molar-refractivity contribution in [2.24, 2.45) is 0 Å². The van der Waals surface area contributed by atoms with Crippen LogP contribution >= 0.6 is 0 Å². The van der Waals surface area contributed by atoms with Gasteiger partial charge in [0.25, 0.3) is 0 Å². The Hall–Kier alpha value is -2.21. The summed E-state index contributed by atoms with van der Waals surface area (Å²) in [6.07, 6.45) is 8.46. The van der Waals surface area contributed by atoms with Crippen LogP contribution in [0.4, 0.5) is 0 Å². The molecule has 0 saturated carbocycles. The molecular weight excluding hydrogens is 332 g/mol. The van der Waals surface area contributed by atoms with E-state index < -0.39 is 5.60 Å². The average Bonchev–Trinajstić information content (AvgIpc) is 3.01. The summed E-state index contributed by atoms with van der Waals surface area (Å²) in [7, 11) is 1.37. The lowest BCUT2D eigenvalue weighted by atomic mass is 10.1. The van der Waals surface area contributed by atoms with Crippen molar-refractivity contribution in [3.63, 3.8) is 0 Å². The molecule has 0 aliphatic rings. The maximum Gasteiger partial charge on any atom is 0.337 e. The molecule has 0 aromatic carbocycles. The third-order valence-electron chi connectivity index (χ3n) is 4.25. The van der Waals surface area contributed by atoms with Crippen molar-refractivity contribution >= 4 is 5.97 Å². The Morgan fingerprint density at radius 3 is 2.69 bits per heavy atom. The summed E-state index contributed by atoms with van der Waals surface area (Å²) in [5.41, 5.74) is 1.02. The highest BCUT2D eigenvalue weighted by Gasteiger charge is 2.29. The highest BCUT2D eigenvalue weighted by Crippen LogP contribution is 2.22. The van der Waals surface area contributed by atoms with Crippen molar-refractivity contribution < 1.29 is 18.7 Å². The molecular formula is C20H28N2O4. The van der Waals surface area contributed by atoms with Gasteiger partial charge in [-0.2, -0.15) is 0 Å². The first-order valence-electron chi connectivity index (χ1n) is 9.03.